The fourth-order valence-electron chi connectivity index (χ4n) is 2.94. The molecule has 2 aliphatic heterocycles. The van der Waals surface area contributed by atoms with E-state index in [0.717, 1.165) is 31.8 Å². The summed E-state index contributed by atoms with van der Waals surface area (Å²) >= 11 is 0. The molecule has 0 saturated carbocycles. The second-order valence-corrected chi connectivity index (χ2v) is 4.87. The summed E-state index contributed by atoms with van der Waals surface area (Å²) in [6, 6.07) is 0.398. The molecule has 16 heavy (non-hydrogen) atoms. The molecule has 0 amide bonds. The van der Waals surface area contributed by atoms with Crippen LogP contribution < -0.4 is 5.32 Å². The lowest BCUT2D eigenvalue weighted by atomic mass is 9.82. The Bertz CT molecular complexity index is 257. The first-order chi connectivity index (χ1) is 7.74. The van der Waals surface area contributed by atoms with Gasteiger partial charge < -0.3 is 15.0 Å². The van der Waals surface area contributed by atoms with Gasteiger partial charge >= 0.3 is 5.97 Å². The molecule has 0 aliphatic carbocycles. The average molecular weight is 226 g/mol. The van der Waals surface area contributed by atoms with E-state index in [1.165, 1.54) is 20.1 Å². The highest BCUT2D eigenvalue weighted by atomic mass is 16.5. The number of likely N-dealkylation sites (tertiary alicyclic amines) is 1. The first-order valence-corrected chi connectivity index (χ1v) is 6.30. The lowest BCUT2D eigenvalue weighted by molar-refractivity contribution is -0.144. The maximum absolute atomic E-state index is 11.5. The molecule has 0 aromatic rings. The van der Waals surface area contributed by atoms with Crippen LogP contribution in [0, 0.1) is 5.92 Å². The Morgan fingerprint density at radius 2 is 2.25 bits per heavy atom. The van der Waals surface area contributed by atoms with Gasteiger partial charge in [-0.1, -0.05) is 6.92 Å². The number of fused-ring (bicyclic) bond motifs is 1. The van der Waals surface area contributed by atoms with Crippen LogP contribution in [-0.2, 0) is 9.53 Å². The van der Waals surface area contributed by atoms with Gasteiger partial charge in [-0.3, -0.25) is 4.79 Å². The minimum Gasteiger partial charge on any atom is -0.468 e. The summed E-state index contributed by atoms with van der Waals surface area (Å²) in [5, 5.41) is 3.45. The van der Waals surface area contributed by atoms with E-state index in [1.54, 1.807) is 0 Å². The van der Waals surface area contributed by atoms with Crippen LogP contribution in [0.15, 0.2) is 0 Å². The molecule has 3 atom stereocenters. The summed E-state index contributed by atoms with van der Waals surface area (Å²) in [6.45, 7) is 5.59. The summed E-state index contributed by atoms with van der Waals surface area (Å²) < 4.78 is 4.81. The number of nitrogens with zero attached hydrogens (tertiary/aromatic N) is 1. The maximum Gasteiger partial charge on any atom is 0.322 e. The first-order valence-electron chi connectivity index (χ1n) is 6.30. The average Bonchev–Trinajstić information content (AvgIpc) is 2.36. The Morgan fingerprint density at radius 1 is 1.44 bits per heavy atom. The van der Waals surface area contributed by atoms with Crippen molar-refractivity contribution in [1.29, 1.82) is 0 Å². The number of nitrogens with one attached hydrogen (secondary N) is 1. The van der Waals surface area contributed by atoms with Crippen molar-refractivity contribution in [3.63, 3.8) is 0 Å². The number of piperidine rings is 2. The third-order valence-electron chi connectivity index (χ3n) is 4.01. The number of carbonyl (C=O) groups excluding carboxylic acids is 1. The third-order valence-corrected chi connectivity index (χ3v) is 4.01. The van der Waals surface area contributed by atoms with E-state index in [1.807, 2.05) is 0 Å². The summed E-state index contributed by atoms with van der Waals surface area (Å²) in [6.07, 6.45) is 3.36. The molecule has 0 aromatic carbocycles. The fourth-order valence-corrected chi connectivity index (χ4v) is 2.94. The zero-order valence-electron chi connectivity index (χ0n) is 10.2. The fraction of sp³-hybridized carbons (Fsp3) is 0.917. The van der Waals surface area contributed by atoms with Crippen molar-refractivity contribution >= 4 is 5.97 Å². The van der Waals surface area contributed by atoms with E-state index in [9.17, 15) is 4.79 Å². The number of carbonyl (C=O) groups is 1. The summed E-state index contributed by atoms with van der Waals surface area (Å²) in [7, 11) is 1.47. The number of rotatable bonds is 2. The Balaban J connectivity index is 1.93. The second-order valence-electron chi connectivity index (χ2n) is 4.87. The van der Waals surface area contributed by atoms with Crippen molar-refractivity contribution in [2.45, 2.75) is 38.3 Å². The molecule has 2 saturated heterocycles. The van der Waals surface area contributed by atoms with Gasteiger partial charge in [0.25, 0.3) is 0 Å². The van der Waals surface area contributed by atoms with Crippen LogP contribution >= 0.6 is 0 Å². The highest BCUT2D eigenvalue weighted by Gasteiger charge is 2.36. The second kappa shape index (κ2) is 5.15. The van der Waals surface area contributed by atoms with Crippen LogP contribution in [0.4, 0.5) is 0 Å². The highest BCUT2D eigenvalue weighted by Crippen LogP contribution is 2.27. The van der Waals surface area contributed by atoms with Gasteiger partial charge in [-0.2, -0.15) is 0 Å². The van der Waals surface area contributed by atoms with E-state index in [4.69, 9.17) is 4.74 Å². The van der Waals surface area contributed by atoms with E-state index in [2.05, 4.69) is 17.1 Å². The van der Waals surface area contributed by atoms with Crippen LogP contribution in [-0.4, -0.2) is 49.7 Å². The number of methoxy groups -OCH3 is 1. The monoisotopic (exact) mass is 226 g/mol. The van der Waals surface area contributed by atoms with Crippen molar-refractivity contribution in [3.8, 4) is 0 Å². The molecule has 2 rings (SSSR count). The summed E-state index contributed by atoms with van der Waals surface area (Å²) in [5.74, 6) is 0.649. The quantitative estimate of drug-likeness (QED) is 0.701. The Kier molecular flexibility index (Phi) is 3.82. The van der Waals surface area contributed by atoms with Crippen molar-refractivity contribution in [2.24, 2.45) is 5.92 Å². The molecule has 0 bridgehead atoms. The molecular formula is C12H22N2O2. The van der Waals surface area contributed by atoms with Gasteiger partial charge in [-0.25, -0.2) is 0 Å². The van der Waals surface area contributed by atoms with Crippen LogP contribution in [0.5, 0.6) is 0 Å². The molecule has 0 aromatic heterocycles. The standard InChI is InChI=1S/C12H22N2O2/c1-3-14-7-6-9-4-5-10(12(15)16-2)13-11(9)8-14/h9-11,13H,3-8H2,1-2H3/t9-,10?,11+/m1/s1. The van der Waals surface area contributed by atoms with E-state index in [0.29, 0.717) is 6.04 Å². The maximum atomic E-state index is 11.5. The van der Waals surface area contributed by atoms with Gasteiger partial charge in [-0.05, 0) is 38.3 Å². The minimum absolute atomic E-state index is 0.0805. The number of hydrogen-bond donors (Lipinski definition) is 1. The Hall–Kier alpha value is -0.610. The number of esters is 1. The molecule has 92 valence electrons. The minimum atomic E-state index is -0.105. The van der Waals surface area contributed by atoms with Crippen molar-refractivity contribution in [2.75, 3.05) is 26.7 Å². The highest BCUT2D eigenvalue weighted by molar-refractivity contribution is 5.75. The molecule has 2 heterocycles. The molecule has 4 nitrogen and oxygen atoms in total. The van der Waals surface area contributed by atoms with Gasteiger partial charge in [0, 0.05) is 12.6 Å². The molecule has 4 heteroatoms. The van der Waals surface area contributed by atoms with Crippen molar-refractivity contribution in [3.05, 3.63) is 0 Å². The number of likely N-dealkylation sites (N-methyl/N-ethyl adjacent to an activating group) is 1. The predicted octanol–water partition coefficient (Wildman–Crippen LogP) is 0.622. The Labute approximate surface area is 97.3 Å². The zero-order valence-corrected chi connectivity index (χ0v) is 10.2. The number of hydrogen-bond acceptors (Lipinski definition) is 4. The smallest absolute Gasteiger partial charge is 0.322 e. The summed E-state index contributed by atoms with van der Waals surface area (Å²) in [4.78, 5) is 13.9. The molecule has 0 radical (unpaired) electrons. The predicted molar refractivity (Wildman–Crippen MR) is 62.2 cm³/mol. The molecular weight excluding hydrogens is 204 g/mol. The van der Waals surface area contributed by atoms with Crippen LogP contribution in [0.1, 0.15) is 26.2 Å². The van der Waals surface area contributed by atoms with Gasteiger partial charge in [0.05, 0.1) is 7.11 Å². The van der Waals surface area contributed by atoms with E-state index < -0.39 is 0 Å². The van der Waals surface area contributed by atoms with Crippen molar-refractivity contribution in [1.82, 2.24) is 10.2 Å². The molecule has 1 unspecified atom stereocenters. The third kappa shape index (κ3) is 2.38. The first kappa shape index (κ1) is 11.9. The summed E-state index contributed by atoms with van der Waals surface area (Å²) in [5.41, 5.74) is 0. The van der Waals surface area contributed by atoms with Gasteiger partial charge in [-0.15, -0.1) is 0 Å². The Morgan fingerprint density at radius 3 is 2.94 bits per heavy atom. The topological polar surface area (TPSA) is 41.6 Å². The largest absolute Gasteiger partial charge is 0.468 e. The zero-order chi connectivity index (χ0) is 11.5. The van der Waals surface area contributed by atoms with Gasteiger partial charge in [0.1, 0.15) is 6.04 Å². The molecule has 2 fully saturated rings. The number of ether oxygens (including phenoxy) is 1. The lowest BCUT2D eigenvalue weighted by Crippen LogP contribution is -2.58. The molecule has 0 spiro atoms. The van der Waals surface area contributed by atoms with Crippen LogP contribution in [0.2, 0.25) is 0 Å². The lowest BCUT2D eigenvalue weighted by Gasteiger charge is -2.43. The van der Waals surface area contributed by atoms with E-state index >= 15 is 0 Å². The SMILES string of the molecule is CCN1CC[C@H]2CCC(C(=O)OC)N[C@H]2C1. The van der Waals surface area contributed by atoms with Gasteiger partial charge in [0.15, 0.2) is 0 Å². The van der Waals surface area contributed by atoms with Crippen LogP contribution in [0.3, 0.4) is 0 Å². The molecule has 1 N–H and O–H groups in total. The molecule has 2 aliphatic rings. The normalized spacial score (nSPS) is 35.5. The van der Waals surface area contributed by atoms with Gasteiger partial charge in [0.2, 0.25) is 0 Å². The van der Waals surface area contributed by atoms with Crippen molar-refractivity contribution < 1.29 is 9.53 Å². The van der Waals surface area contributed by atoms with Crippen LogP contribution in [0.25, 0.3) is 0 Å². The van der Waals surface area contributed by atoms with E-state index in [-0.39, 0.29) is 12.0 Å².